The van der Waals surface area contributed by atoms with Crippen molar-refractivity contribution in [1.82, 2.24) is 14.8 Å². The number of nitrogens with one attached hydrogen (secondary N) is 1. The molecule has 1 amide bonds. The maximum atomic E-state index is 12.7. The zero-order chi connectivity index (χ0) is 24.1. The second kappa shape index (κ2) is 10.2. The summed E-state index contributed by atoms with van der Waals surface area (Å²) in [5.74, 6) is 1.45. The number of pyridine rings is 1. The number of rotatable bonds is 8. The fraction of sp³-hybridized carbons (Fsp3) is 0.259. The molecule has 0 radical (unpaired) electrons. The van der Waals surface area contributed by atoms with Crippen LogP contribution in [0.2, 0.25) is 0 Å². The molecule has 7 heteroatoms. The van der Waals surface area contributed by atoms with Crippen molar-refractivity contribution in [2.45, 2.75) is 40.0 Å². The Balaban J connectivity index is 1.46. The number of ether oxygens (including phenoxy) is 1. The van der Waals surface area contributed by atoms with Gasteiger partial charge in [-0.2, -0.15) is 15.0 Å². The first-order chi connectivity index (χ1) is 16.5. The predicted octanol–water partition coefficient (Wildman–Crippen LogP) is 5.27. The molecule has 172 valence electrons. The van der Waals surface area contributed by atoms with E-state index in [0.717, 1.165) is 34.2 Å². The first-order valence-electron chi connectivity index (χ1n) is 11.4. The van der Waals surface area contributed by atoms with Gasteiger partial charge in [-0.3, -0.25) is 4.79 Å². The number of aromatic nitrogens is 3. The van der Waals surface area contributed by atoms with E-state index < -0.39 is 0 Å². The topological polar surface area (TPSA) is 92.8 Å². The summed E-state index contributed by atoms with van der Waals surface area (Å²) in [5.41, 5.74) is 4.49. The first-order valence-corrected chi connectivity index (χ1v) is 11.4. The Morgan fingerprint density at radius 1 is 1.15 bits per heavy atom. The fourth-order valence-corrected chi connectivity index (χ4v) is 3.82. The lowest BCUT2D eigenvalue weighted by molar-refractivity contribution is -0.116. The number of hydrogen-bond acceptors (Lipinski definition) is 5. The van der Waals surface area contributed by atoms with Crippen LogP contribution < -0.4 is 10.1 Å². The molecular weight excluding hydrogens is 426 g/mol. The van der Waals surface area contributed by atoms with Gasteiger partial charge in [-0.15, -0.1) is 0 Å². The zero-order valence-corrected chi connectivity index (χ0v) is 19.6. The van der Waals surface area contributed by atoms with E-state index in [0.29, 0.717) is 24.7 Å². The summed E-state index contributed by atoms with van der Waals surface area (Å²) in [6, 6.07) is 18.0. The molecule has 7 nitrogen and oxygen atoms in total. The highest BCUT2D eigenvalue weighted by Gasteiger charge is 2.17. The number of aryl methyl sites for hydroxylation is 3. The molecule has 4 aromatic rings. The van der Waals surface area contributed by atoms with Crippen molar-refractivity contribution in [1.29, 1.82) is 5.26 Å². The van der Waals surface area contributed by atoms with Crippen molar-refractivity contribution in [3.63, 3.8) is 0 Å². The zero-order valence-electron chi connectivity index (χ0n) is 19.6. The average Bonchev–Trinajstić information content (AvgIpc) is 3.25. The van der Waals surface area contributed by atoms with Crippen LogP contribution in [0.4, 0.5) is 5.82 Å². The van der Waals surface area contributed by atoms with Gasteiger partial charge in [0.2, 0.25) is 5.91 Å². The molecular formula is C27H27N5O2. The maximum absolute atomic E-state index is 12.7. The smallest absolute Gasteiger partial charge is 0.225 e. The third-order valence-electron chi connectivity index (χ3n) is 5.75. The molecule has 34 heavy (non-hydrogen) atoms. The molecule has 2 aromatic carbocycles. The highest BCUT2D eigenvalue weighted by Crippen LogP contribution is 2.25. The number of nitriles is 1. The number of benzene rings is 2. The number of hydrogen-bond donors (Lipinski definition) is 1. The van der Waals surface area contributed by atoms with E-state index in [1.807, 2.05) is 62.4 Å². The van der Waals surface area contributed by atoms with E-state index >= 15 is 0 Å². The van der Waals surface area contributed by atoms with Crippen LogP contribution in [0.1, 0.15) is 42.0 Å². The highest BCUT2D eigenvalue weighted by atomic mass is 16.5. The lowest BCUT2D eigenvalue weighted by Gasteiger charge is -2.12. The molecule has 0 fully saturated rings. The van der Waals surface area contributed by atoms with E-state index in [1.54, 1.807) is 0 Å². The first kappa shape index (κ1) is 23.0. The quantitative estimate of drug-likeness (QED) is 0.367. The summed E-state index contributed by atoms with van der Waals surface area (Å²) >= 11 is 0. The van der Waals surface area contributed by atoms with Crippen LogP contribution in [0.3, 0.4) is 0 Å². The van der Waals surface area contributed by atoms with E-state index in [9.17, 15) is 10.1 Å². The summed E-state index contributed by atoms with van der Waals surface area (Å²) < 4.78 is 7.25. The summed E-state index contributed by atoms with van der Waals surface area (Å²) in [7, 11) is 0. The van der Waals surface area contributed by atoms with Crippen molar-refractivity contribution in [3.05, 3.63) is 77.0 Å². The maximum Gasteiger partial charge on any atom is 0.225 e. The Morgan fingerprint density at radius 3 is 2.68 bits per heavy atom. The van der Waals surface area contributed by atoms with E-state index in [-0.39, 0.29) is 17.9 Å². The van der Waals surface area contributed by atoms with Gasteiger partial charge in [-0.25, -0.2) is 4.98 Å². The molecule has 0 spiro atoms. The van der Waals surface area contributed by atoms with E-state index in [4.69, 9.17) is 9.72 Å². The lowest BCUT2D eigenvalue weighted by atomic mass is 10.1. The van der Waals surface area contributed by atoms with Crippen molar-refractivity contribution in [2.24, 2.45) is 0 Å². The van der Waals surface area contributed by atoms with Gasteiger partial charge < -0.3 is 10.1 Å². The molecule has 0 aliphatic heterocycles. The SMILES string of the molecule is CCc1ccc(OCCCC(=O)Nc2c(C#N)cnn2-c2cc(C)c3cccc(C)c3n2)cc1. The Hall–Kier alpha value is -4.18. The molecule has 0 aliphatic carbocycles. The molecule has 0 unspecified atom stereocenters. The normalized spacial score (nSPS) is 10.8. The van der Waals surface area contributed by atoms with Crippen molar-refractivity contribution in [2.75, 3.05) is 11.9 Å². The molecule has 2 aromatic heterocycles. The van der Waals surface area contributed by atoms with Crippen molar-refractivity contribution < 1.29 is 9.53 Å². The minimum Gasteiger partial charge on any atom is -0.494 e. The van der Waals surface area contributed by atoms with Gasteiger partial charge in [0.25, 0.3) is 0 Å². The number of para-hydroxylation sites is 1. The van der Waals surface area contributed by atoms with Crippen LogP contribution >= 0.6 is 0 Å². The molecule has 0 saturated heterocycles. The number of amides is 1. The van der Waals surface area contributed by atoms with Crippen LogP contribution in [-0.4, -0.2) is 27.3 Å². The molecule has 0 aliphatic rings. The second-order valence-corrected chi connectivity index (χ2v) is 8.20. The van der Waals surface area contributed by atoms with Crippen LogP contribution in [0.5, 0.6) is 5.75 Å². The predicted molar refractivity (Wildman–Crippen MR) is 132 cm³/mol. The highest BCUT2D eigenvalue weighted by molar-refractivity contribution is 5.91. The van der Waals surface area contributed by atoms with Crippen molar-refractivity contribution in [3.8, 4) is 17.6 Å². The largest absolute Gasteiger partial charge is 0.494 e. The summed E-state index contributed by atoms with van der Waals surface area (Å²) in [4.78, 5) is 17.4. The number of carbonyl (C=O) groups excluding carboxylic acids is 1. The third-order valence-corrected chi connectivity index (χ3v) is 5.75. The Labute approximate surface area is 199 Å². The molecule has 0 atom stereocenters. The molecule has 2 heterocycles. The van der Waals surface area contributed by atoms with Crippen molar-refractivity contribution >= 4 is 22.6 Å². The van der Waals surface area contributed by atoms with Gasteiger partial charge in [0.1, 0.15) is 17.4 Å². The van der Waals surface area contributed by atoms with Crippen LogP contribution in [-0.2, 0) is 11.2 Å². The van der Waals surface area contributed by atoms with Gasteiger partial charge in [-0.1, -0.05) is 37.3 Å². The average molecular weight is 454 g/mol. The Bertz CT molecular complexity index is 1370. The number of fused-ring (bicyclic) bond motifs is 1. The van der Waals surface area contributed by atoms with Crippen LogP contribution in [0.25, 0.3) is 16.7 Å². The molecule has 1 N–H and O–H groups in total. The van der Waals surface area contributed by atoms with Crippen LogP contribution in [0.15, 0.2) is 54.7 Å². The standard InChI is InChI=1S/C27H27N5O2/c1-4-20-10-12-22(13-11-20)34-14-6-9-25(33)31-27-21(16-28)17-29-32(27)24-15-19(3)23-8-5-7-18(2)26(23)30-24/h5,7-8,10-13,15,17H,4,6,9,14H2,1-3H3,(H,31,33). The second-order valence-electron chi connectivity index (χ2n) is 8.20. The van der Waals surface area contributed by atoms with Gasteiger partial charge in [0.05, 0.1) is 18.3 Å². The van der Waals surface area contributed by atoms with Gasteiger partial charge in [-0.05, 0) is 61.6 Å². The van der Waals surface area contributed by atoms with Gasteiger partial charge in [0.15, 0.2) is 11.6 Å². The monoisotopic (exact) mass is 453 g/mol. The third kappa shape index (κ3) is 4.91. The van der Waals surface area contributed by atoms with Gasteiger partial charge in [0, 0.05) is 11.8 Å². The number of anilines is 1. The van der Waals surface area contributed by atoms with E-state index in [2.05, 4.69) is 23.4 Å². The fourth-order valence-electron chi connectivity index (χ4n) is 3.82. The van der Waals surface area contributed by atoms with Gasteiger partial charge >= 0.3 is 0 Å². The minimum atomic E-state index is -0.211. The minimum absolute atomic E-state index is 0.211. The Kier molecular flexibility index (Phi) is 6.88. The summed E-state index contributed by atoms with van der Waals surface area (Å²) in [6.07, 6.45) is 3.23. The number of carbonyl (C=O) groups is 1. The summed E-state index contributed by atoms with van der Waals surface area (Å²) in [5, 5.41) is 17.8. The van der Waals surface area contributed by atoms with Crippen LogP contribution in [0, 0.1) is 25.2 Å². The molecule has 0 bridgehead atoms. The summed E-state index contributed by atoms with van der Waals surface area (Å²) in [6.45, 7) is 6.55. The lowest BCUT2D eigenvalue weighted by Crippen LogP contribution is -2.17. The number of nitrogens with zero attached hydrogens (tertiary/aromatic N) is 4. The molecule has 0 saturated carbocycles. The Morgan fingerprint density at radius 2 is 1.94 bits per heavy atom. The molecule has 4 rings (SSSR count). The van der Waals surface area contributed by atoms with E-state index in [1.165, 1.54) is 16.4 Å².